The van der Waals surface area contributed by atoms with Crippen LogP contribution >= 0.6 is 15.9 Å². The van der Waals surface area contributed by atoms with Gasteiger partial charge in [0.25, 0.3) is 5.91 Å². The molecule has 0 radical (unpaired) electrons. The fraction of sp³-hybridized carbons (Fsp3) is 0.333. The molecule has 0 atom stereocenters. The SMILES string of the molecule is CCc1c(C)nn(Cc2ccc(C(=O)NN)cc2Br)c1C. The van der Waals surface area contributed by atoms with Gasteiger partial charge in [0.2, 0.25) is 0 Å². The molecule has 0 bridgehead atoms. The van der Waals surface area contributed by atoms with Crippen LogP contribution in [0.25, 0.3) is 0 Å². The summed E-state index contributed by atoms with van der Waals surface area (Å²) < 4.78 is 2.87. The van der Waals surface area contributed by atoms with Crippen LogP contribution in [0.2, 0.25) is 0 Å². The molecule has 1 aromatic carbocycles. The third-order valence-electron chi connectivity index (χ3n) is 3.65. The van der Waals surface area contributed by atoms with E-state index in [4.69, 9.17) is 5.84 Å². The number of carbonyl (C=O) groups is 1. The van der Waals surface area contributed by atoms with Gasteiger partial charge in [-0.05, 0) is 43.5 Å². The van der Waals surface area contributed by atoms with Gasteiger partial charge in [-0.3, -0.25) is 14.9 Å². The lowest BCUT2D eigenvalue weighted by atomic mass is 10.1. The Hall–Kier alpha value is -1.66. The average Bonchev–Trinajstić information content (AvgIpc) is 2.74. The van der Waals surface area contributed by atoms with Gasteiger partial charge in [0, 0.05) is 15.7 Å². The number of rotatable bonds is 4. The molecule has 2 aromatic rings. The zero-order valence-electron chi connectivity index (χ0n) is 12.4. The van der Waals surface area contributed by atoms with Crippen molar-refractivity contribution in [2.24, 2.45) is 5.84 Å². The number of halogens is 1. The lowest BCUT2D eigenvalue weighted by Crippen LogP contribution is -2.29. The largest absolute Gasteiger partial charge is 0.290 e. The molecule has 1 heterocycles. The summed E-state index contributed by atoms with van der Waals surface area (Å²) in [7, 11) is 0. The van der Waals surface area contributed by atoms with Crippen LogP contribution < -0.4 is 11.3 Å². The number of hydrogen-bond acceptors (Lipinski definition) is 3. The van der Waals surface area contributed by atoms with Crippen LogP contribution in [0.3, 0.4) is 0 Å². The fourth-order valence-electron chi connectivity index (χ4n) is 2.46. The first-order valence-corrected chi connectivity index (χ1v) is 7.59. The zero-order valence-corrected chi connectivity index (χ0v) is 14.0. The monoisotopic (exact) mass is 350 g/mol. The third kappa shape index (κ3) is 3.16. The third-order valence-corrected chi connectivity index (χ3v) is 4.39. The van der Waals surface area contributed by atoms with E-state index in [-0.39, 0.29) is 5.91 Å². The van der Waals surface area contributed by atoms with Crippen molar-refractivity contribution in [1.29, 1.82) is 0 Å². The first-order chi connectivity index (χ1) is 9.97. The Labute approximate surface area is 132 Å². The van der Waals surface area contributed by atoms with E-state index in [1.807, 2.05) is 17.7 Å². The summed E-state index contributed by atoms with van der Waals surface area (Å²) in [5, 5.41) is 4.59. The number of hydrazine groups is 1. The molecule has 6 heteroatoms. The van der Waals surface area contributed by atoms with Crippen LogP contribution in [-0.4, -0.2) is 15.7 Å². The summed E-state index contributed by atoms with van der Waals surface area (Å²) in [6.45, 7) is 6.92. The zero-order chi connectivity index (χ0) is 15.6. The van der Waals surface area contributed by atoms with Crippen molar-refractivity contribution in [1.82, 2.24) is 15.2 Å². The van der Waals surface area contributed by atoms with Crippen molar-refractivity contribution in [3.05, 3.63) is 50.8 Å². The summed E-state index contributed by atoms with van der Waals surface area (Å²) >= 11 is 3.51. The van der Waals surface area contributed by atoms with E-state index in [0.29, 0.717) is 12.1 Å². The molecule has 1 amide bonds. The van der Waals surface area contributed by atoms with Crippen molar-refractivity contribution >= 4 is 21.8 Å². The highest BCUT2D eigenvalue weighted by Crippen LogP contribution is 2.22. The van der Waals surface area contributed by atoms with E-state index in [2.05, 4.69) is 40.3 Å². The van der Waals surface area contributed by atoms with Gasteiger partial charge in [0.1, 0.15) is 0 Å². The molecule has 0 aliphatic rings. The van der Waals surface area contributed by atoms with Crippen LogP contribution in [0.5, 0.6) is 0 Å². The average molecular weight is 351 g/mol. The number of nitrogens with two attached hydrogens (primary N) is 1. The Kier molecular flexibility index (Phi) is 4.80. The molecule has 21 heavy (non-hydrogen) atoms. The molecule has 5 nitrogen and oxygen atoms in total. The van der Waals surface area contributed by atoms with Crippen molar-refractivity contribution in [2.45, 2.75) is 33.7 Å². The van der Waals surface area contributed by atoms with Crippen LogP contribution in [0.15, 0.2) is 22.7 Å². The summed E-state index contributed by atoms with van der Waals surface area (Å²) in [4.78, 5) is 11.5. The minimum Gasteiger partial charge on any atom is -0.290 e. The quantitative estimate of drug-likeness (QED) is 0.505. The molecule has 0 saturated carbocycles. The number of nitrogen functional groups attached to an aromatic ring is 1. The van der Waals surface area contributed by atoms with Crippen molar-refractivity contribution in [3.63, 3.8) is 0 Å². The Morgan fingerprint density at radius 3 is 2.67 bits per heavy atom. The maximum atomic E-state index is 11.5. The van der Waals surface area contributed by atoms with E-state index in [1.165, 1.54) is 11.3 Å². The number of aromatic nitrogens is 2. The van der Waals surface area contributed by atoms with E-state index in [9.17, 15) is 4.79 Å². The highest BCUT2D eigenvalue weighted by molar-refractivity contribution is 9.10. The topological polar surface area (TPSA) is 72.9 Å². The Morgan fingerprint density at radius 1 is 1.43 bits per heavy atom. The smallest absolute Gasteiger partial charge is 0.265 e. The van der Waals surface area contributed by atoms with Gasteiger partial charge in [-0.25, -0.2) is 5.84 Å². The van der Waals surface area contributed by atoms with Gasteiger partial charge in [0.05, 0.1) is 12.2 Å². The molecule has 2 rings (SSSR count). The van der Waals surface area contributed by atoms with E-state index in [1.54, 1.807) is 12.1 Å². The highest BCUT2D eigenvalue weighted by Gasteiger charge is 2.12. The summed E-state index contributed by atoms with van der Waals surface area (Å²) in [6.07, 6.45) is 0.981. The number of hydrogen-bond donors (Lipinski definition) is 2. The van der Waals surface area contributed by atoms with Gasteiger partial charge in [-0.1, -0.05) is 28.9 Å². The molecular weight excluding hydrogens is 332 g/mol. The van der Waals surface area contributed by atoms with Crippen molar-refractivity contribution < 1.29 is 4.79 Å². The molecule has 0 unspecified atom stereocenters. The minimum absolute atomic E-state index is 0.304. The summed E-state index contributed by atoms with van der Waals surface area (Å²) in [5.41, 5.74) is 7.27. The van der Waals surface area contributed by atoms with Crippen molar-refractivity contribution in [3.8, 4) is 0 Å². The van der Waals surface area contributed by atoms with Gasteiger partial charge < -0.3 is 0 Å². The predicted molar refractivity (Wildman–Crippen MR) is 86.0 cm³/mol. The standard InChI is InChI=1S/C15H19BrN4O/c1-4-13-9(2)19-20(10(13)3)8-12-6-5-11(7-14(12)16)15(21)18-17/h5-7H,4,8,17H2,1-3H3,(H,18,21). The lowest BCUT2D eigenvalue weighted by Gasteiger charge is -2.09. The normalized spacial score (nSPS) is 10.7. The summed E-state index contributed by atoms with van der Waals surface area (Å²) in [5.74, 6) is 4.84. The highest BCUT2D eigenvalue weighted by atomic mass is 79.9. The second-order valence-electron chi connectivity index (χ2n) is 4.94. The fourth-order valence-corrected chi connectivity index (χ4v) is 2.97. The second-order valence-corrected chi connectivity index (χ2v) is 5.79. The molecule has 0 saturated heterocycles. The first kappa shape index (κ1) is 15.7. The maximum Gasteiger partial charge on any atom is 0.265 e. The van der Waals surface area contributed by atoms with E-state index < -0.39 is 0 Å². The second kappa shape index (κ2) is 6.41. The number of nitrogens with zero attached hydrogens (tertiary/aromatic N) is 2. The van der Waals surface area contributed by atoms with Gasteiger partial charge in [0.15, 0.2) is 0 Å². The van der Waals surface area contributed by atoms with Gasteiger partial charge >= 0.3 is 0 Å². The van der Waals surface area contributed by atoms with Crippen molar-refractivity contribution in [2.75, 3.05) is 0 Å². The van der Waals surface area contributed by atoms with Gasteiger partial charge in [-0.15, -0.1) is 0 Å². The Bertz CT molecular complexity index is 679. The Balaban J connectivity index is 2.30. The molecule has 0 spiro atoms. The molecule has 1 aromatic heterocycles. The number of carbonyl (C=O) groups excluding carboxylic acids is 1. The molecular formula is C15H19BrN4O. The van der Waals surface area contributed by atoms with Crippen LogP contribution in [0, 0.1) is 13.8 Å². The van der Waals surface area contributed by atoms with Gasteiger partial charge in [-0.2, -0.15) is 5.10 Å². The van der Waals surface area contributed by atoms with E-state index in [0.717, 1.165) is 22.2 Å². The lowest BCUT2D eigenvalue weighted by molar-refractivity contribution is 0.0953. The predicted octanol–water partition coefficient (Wildman–Crippen LogP) is 2.48. The van der Waals surface area contributed by atoms with Crippen LogP contribution in [-0.2, 0) is 13.0 Å². The number of aryl methyl sites for hydroxylation is 1. The molecule has 3 N–H and O–H groups in total. The molecule has 0 fully saturated rings. The molecule has 0 aliphatic carbocycles. The number of amides is 1. The first-order valence-electron chi connectivity index (χ1n) is 6.80. The van der Waals surface area contributed by atoms with E-state index >= 15 is 0 Å². The maximum absolute atomic E-state index is 11.5. The number of benzene rings is 1. The molecule has 112 valence electrons. The minimum atomic E-state index is -0.304. The summed E-state index contributed by atoms with van der Waals surface area (Å²) in [6, 6.07) is 5.44. The van der Waals surface area contributed by atoms with Crippen LogP contribution in [0.4, 0.5) is 0 Å². The van der Waals surface area contributed by atoms with Crippen LogP contribution in [0.1, 0.15) is 39.8 Å². The number of nitrogens with one attached hydrogen (secondary N) is 1. The Morgan fingerprint density at radius 2 is 2.14 bits per heavy atom. The molecule has 0 aliphatic heterocycles.